The van der Waals surface area contributed by atoms with Crippen molar-refractivity contribution in [3.63, 3.8) is 0 Å². The van der Waals surface area contributed by atoms with Crippen LogP contribution in [0.1, 0.15) is 11.1 Å². The first-order chi connectivity index (χ1) is 12.2. The molecule has 0 bridgehead atoms. The number of nitrogens with zero attached hydrogens (tertiary/aromatic N) is 2. The number of aryl methyl sites for hydroxylation is 1. The molecule has 130 valence electrons. The lowest BCUT2D eigenvalue weighted by Gasteiger charge is -2.36. The summed E-state index contributed by atoms with van der Waals surface area (Å²) in [6, 6.07) is 14.2. The summed E-state index contributed by atoms with van der Waals surface area (Å²) in [5.74, 6) is 1.65. The lowest BCUT2D eigenvalue weighted by molar-refractivity contribution is -0.130. The topological polar surface area (TPSA) is 42.0 Å². The lowest BCUT2D eigenvalue weighted by Crippen LogP contribution is -2.49. The van der Waals surface area contributed by atoms with E-state index in [-0.39, 0.29) is 12.7 Å². The molecule has 0 N–H and O–H groups in total. The second-order valence-electron chi connectivity index (χ2n) is 6.57. The minimum Gasteiger partial charge on any atom is -0.454 e. The molecule has 5 nitrogen and oxygen atoms in total. The van der Waals surface area contributed by atoms with Crippen LogP contribution in [0, 0.1) is 6.92 Å². The van der Waals surface area contributed by atoms with Gasteiger partial charge < -0.3 is 19.3 Å². The van der Waals surface area contributed by atoms with Crippen LogP contribution in [0.2, 0.25) is 0 Å². The molecule has 2 heterocycles. The van der Waals surface area contributed by atoms with Crippen molar-refractivity contribution in [1.29, 1.82) is 0 Å². The molecule has 0 saturated carbocycles. The van der Waals surface area contributed by atoms with Gasteiger partial charge in [0.15, 0.2) is 11.5 Å². The van der Waals surface area contributed by atoms with Crippen molar-refractivity contribution < 1.29 is 14.3 Å². The molecule has 1 fully saturated rings. The number of fused-ring (bicyclic) bond motifs is 1. The zero-order valence-electron chi connectivity index (χ0n) is 14.4. The first kappa shape index (κ1) is 15.8. The predicted molar refractivity (Wildman–Crippen MR) is 96.2 cm³/mol. The summed E-state index contributed by atoms with van der Waals surface area (Å²) in [5, 5.41) is 0. The zero-order valence-corrected chi connectivity index (χ0v) is 14.4. The predicted octanol–water partition coefficient (Wildman–Crippen LogP) is 2.62. The molecule has 0 spiro atoms. The molecule has 2 aromatic rings. The minimum absolute atomic E-state index is 0.169. The molecular weight excluding hydrogens is 316 g/mol. The molecule has 5 heteroatoms. The van der Waals surface area contributed by atoms with Gasteiger partial charge in [0.25, 0.3) is 0 Å². The number of hydrogen-bond donors (Lipinski definition) is 0. The molecule has 0 unspecified atom stereocenters. The molecule has 0 atom stereocenters. The maximum atomic E-state index is 12.6. The van der Waals surface area contributed by atoms with Crippen LogP contribution < -0.4 is 14.4 Å². The van der Waals surface area contributed by atoms with Gasteiger partial charge in [-0.2, -0.15) is 0 Å². The van der Waals surface area contributed by atoms with Gasteiger partial charge in [-0.25, -0.2) is 0 Å². The first-order valence-corrected chi connectivity index (χ1v) is 8.67. The largest absolute Gasteiger partial charge is 0.454 e. The number of amides is 1. The summed E-state index contributed by atoms with van der Waals surface area (Å²) < 4.78 is 10.7. The van der Waals surface area contributed by atoms with Crippen LogP contribution in [0.4, 0.5) is 5.69 Å². The zero-order chi connectivity index (χ0) is 17.2. The van der Waals surface area contributed by atoms with Gasteiger partial charge in [-0.05, 0) is 42.3 Å². The van der Waals surface area contributed by atoms with Gasteiger partial charge >= 0.3 is 0 Å². The van der Waals surface area contributed by atoms with Crippen LogP contribution in [-0.2, 0) is 11.2 Å². The standard InChI is InChI=1S/C20H22N2O3/c1-15-3-2-4-17(11-15)21-7-9-22(10-8-21)20(23)13-16-5-6-18-19(12-16)25-14-24-18/h2-6,11-12H,7-10,13-14H2,1H3. The summed E-state index contributed by atoms with van der Waals surface area (Å²) in [6.07, 6.45) is 0.404. The van der Waals surface area contributed by atoms with Crippen molar-refractivity contribution in [2.75, 3.05) is 37.9 Å². The fourth-order valence-corrected chi connectivity index (χ4v) is 3.38. The van der Waals surface area contributed by atoms with Crippen LogP contribution in [-0.4, -0.2) is 43.8 Å². The minimum atomic E-state index is 0.169. The second-order valence-corrected chi connectivity index (χ2v) is 6.57. The Kier molecular flexibility index (Phi) is 4.22. The van der Waals surface area contributed by atoms with Crippen LogP contribution in [0.25, 0.3) is 0 Å². The molecule has 2 aliphatic heterocycles. The Bertz CT molecular complexity index is 782. The van der Waals surface area contributed by atoms with E-state index in [2.05, 4.69) is 36.1 Å². The molecule has 2 aromatic carbocycles. The maximum Gasteiger partial charge on any atom is 0.231 e. The van der Waals surface area contributed by atoms with Crippen molar-refractivity contribution in [2.24, 2.45) is 0 Å². The van der Waals surface area contributed by atoms with Crippen molar-refractivity contribution >= 4 is 11.6 Å². The number of benzene rings is 2. The third kappa shape index (κ3) is 3.40. The summed E-state index contributed by atoms with van der Waals surface area (Å²) in [7, 11) is 0. The Morgan fingerprint density at radius 1 is 1.00 bits per heavy atom. The maximum absolute atomic E-state index is 12.6. The third-order valence-corrected chi connectivity index (χ3v) is 4.79. The van der Waals surface area contributed by atoms with E-state index in [4.69, 9.17) is 9.47 Å². The van der Waals surface area contributed by atoms with Crippen LogP contribution in [0.5, 0.6) is 11.5 Å². The van der Waals surface area contributed by atoms with Crippen molar-refractivity contribution in [2.45, 2.75) is 13.3 Å². The smallest absolute Gasteiger partial charge is 0.231 e. The molecule has 2 aliphatic rings. The van der Waals surface area contributed by atoms with Crippen LogP contribution in [0.15, 0.2) is 42.5 Å². The number of carbonyl (C=O) groups excluding carboxylic acids is 1. The molecule has 0 aliphatic carbocycles. The van der Waals surface area contributed by atoms with E-state index in [1.807, 2.05) is 23.1 Å². The third-order valence-electron chi connectivity index (χ3n) is 4.79. The highest BCUT2D eigenvalue weighted by Gasteiger charge is 2.22. The average Bonchev–Trinajstić information content (AvgIpc) is 3.09. The molecule has 1 saturated heterocycles. The number of anilines is 1. The fourth-order valence-electron chi connectivity index (χ4n) is 3.38. The Morgan fingerprint density at radius 3 is 2.60 bits per heavy atom. The lowest BCUT2D eigenvalue weighted by atomic mass is 10.1. The van der Waals surface area contributed by atoms with Crippen molar-refractivity contribution in [3.05, 3.63) is 53.6 Å². The SMILES string of the molecule is Cc1cccc(N2CCN(C(=O)Cc3ccc4c(c3)OCO4)CC2)c1. The highest BCUT2D eigenvalue weighted by atomic mass is 16.7. The second kappa shape index (κ2) is 6.67. The van der Waals surface area contributed by atoms with E-state index in [1.165, 1.54) is 11.3 Å². The van der Waals surface area contributed by atoms with E-state index in [9.17, 15) is 4.79 Å². The summed E-state index contributed by atoms with van der Waals surface area (Å²) >= 11 is 0. The normalized spacial score (nSPS) is 16.2. The summed E-state index contributed by atoms with van der Waals surface area (Å²) in [6.45, 7) is 5.63. The number of hydrogen-bond acceptors (Lipinski definition) is 4. The Labute approximate surface area is 147 Å². The molecular formula is C20H22N2O3. The highest BCUT2D eigenvalue weighted by Crippen LogP contribution is 2.32. The monoisotopic (exact) mass is 338 g/mol. The summed E-state index contributed by atoms with van der Waals surface area (Å²) in [5.41, 5.74) is 3.47. The number of piperazine rings is 1. The number of rotatable bonds is 3. The fraction of sp³-hybridized carbons (Fsp3) is 0.350. The van der Waals surface area contributed by atoms with E-state index < -0.39 is 0 Å². The van der Waals surface area contributed by atoms with Crippen LogP contribution in [0.3, 0.4) is 0 Å². The Morgan fingerprint density at radius 2 is 1.80 bits per heavy atom. The molecule has 4 rings (SSSR count). The molecule has 25 heavy (non-hydrogen) atoms. The van der Waals surface area contributed by atoms with Crippen LogP contribution >= 0.6 is 0 Å². The van der Waals surface area contributed by atoms with Gasteiger partial charge in [-0.3, -0.25) is 4.79 Å². The summed E-state index contributed by atoms with van der Waals surface area (Å²) in [4.78, 5) is 16.9. The average molecular weight is 338 g/mol. The van der Waals surface area contributed by atoms with Gasteiger partial charge in [-0.15, -0.1) is 0 Å². The molecule has 0 aromatic heterocycles. The number of carbonyl (C=O) groups is 1. The van der Waals surface area contributed by atoms with Gasteiger partial charge in [0, 0.05) is 31.9 Å². The van der Waals surface area contributed by atoms with Gasteiger partial charge in [0.05, 0.1) is 6.42 Å². The quantitative estimate of drug-likeness (QED) is 0.863. The van der Waals surface area contributed by atoms with Gasteiger partial charge in [0.1, 0.15) is 0 Å². The molecule has 0 radical (unpaired) electrons. The van der Waals surface area contributed by atoms with E-state index >= 15 is 0 Å². The number of ether oxygens (including phenoxy) is 2. The van der Waals surface area contributed by atoms with Gasteiger partial charge in [-0.1, -0.05) is 18.2 Å². The Balaban J connectivity index is 1.35. The van der Waals surface area contributed by atoms with E-state index in [0.717, 1.165) is 43.2 Å². The van der Waals surface area contributed by atoms with Crippen molar-refractivity contribution in [3.8, 4) is 11.5 Å². The van der Waals surface area contributed by atoms with E-state index in [1.54, 1.807) is 0 Å². The van der Waals surface area contributed by atoms with Crippen molar-refractivity contribution in [1.82, 2.24) is 4.90 Å². The Hall–Kier alpha value is -2.69. The molecule has 1 amide bonds. The van der Waals surface area contributed by atoms with Gasteiger partial charge in [0.2, 0.25) is 12.7 Å². The van der Waals surface area contributed by atoms with E-state index in [0.29, 0.717) is 6.42 Å². The first-order valence-electron chi connectivity index (χ1n) is 8.67. The highest BCUT2D eigenvalue weighted by molar-refractivity contribution is 5.79.